The summed E-state index contributed by atoms with van der Waals surface area (Å²) in [6.45, 7) is 1.24. The molecule has 2 aromatic rings. The molecule has 0 aliphatic carbocycles. The Bertz CT molecular complexity index is 725. The van der Waals surface area contributed by atoms with Crippen molar-refractivity contribution in [1.29, 1.82) is 0 Å². The van der Waals surface area contributed by atoms with Gasteiger partial charge >= 0.3 is 0 Å². The molecule has 1 aliphatic rings. The molecular formula is C18H19NO5. The predicted octanol–water partition coefficient (Wildman–Crippen LogP) is 3.09. The summed E-state index contributed by atoms with van der Waals surface area (Å²) in [5.41, 5.74) is 1.48. The topological polar surface area (TPSA) is 77.0 Å². The SMILES string of the molecule is COc1cccc(C(=O)Nc2cc(C3OCCCO3)ccc2O)c1. The average molecular weight is 329 g/mol. The number of carbonyl (C=O) groups excluding carboxylic acids is 1. The molecule has 2 aromatic carbocycles. The summed E-state index contributed by atoms with van der Waals surface area (Å²) in [7, 11) is 1.54. The number of hydrogen-bond acceptors (Lipinski definition) is 5. The van der Waals surface area contributed by atoms with Gasteiger partial charge in [-0.3, -0.25) is 4.79 Å². The fourth-order valence-electron chi connectivity index (χ4n) is 2.44. The molecule has 6 nitrogen and oxygen atoms in total. The van der Waals surface area contributed by atoms with Gasteiger partial charge in [-0.05, 0) is 36.8 Å². The molecule has 1 saturated heterocycles. The third-order valence-electron chi connectivity index (χ3n) is 3.70. The Morgan fingerprint density at radius 2 is 2.00 bits per heavy atom. The summed E-state index contributed by atoms with van der Waals surface area (Å²) < 4.78 is 16.2. The molecule has 0 unspecified atom stereocenters. The van der Waals surface area contributed by atoms with E-state index in [1.807, 2.05) is 0 Å². The van der Waals surface area contributed by atoms with Crippen LogP contribution in [0.3, 0.4) is 0 Å². The number of nitrogens with one attached hydrogen (secondary N) is 1. The highest BCUT2D eigenvalue weighted by Gasteiger charge is 2.19. The van der Waals surface area contributed by atoms with E-state index in [-0.39, 0.29) is 11.7 Å². The van der Waals surface area contributed by atoms with E-state index in [0.29, 0.717) is 30.2 Å². The zero-order chi connectivity index (χ0) is 16.9. The molecule has 24 heavy (non-hydrogen) atoms. The average Bonchev–Trinajstić information content (AvgIpc) is 2.64. The molecule has 0 radical (unpaired) electrons. The molecule has 1 heterocycles. The fourth-order valence-corrected chi connectivity index (χ4v) is 2.44. The van der Waals surface area contributed by atoms with Crippen LogP contribution in [0.4, 0.5) is 5.69 Å². The van der Waals surface area contributed by atoms with Crippen molar-refractivity contribution in [2.45, 2.75) is 12.7 Å². The number of amides is 1. The lowest BCUT2D eigenvalue weighted by molar-refractivity contribution is -0.183. The minimum absolute atomic E-state index is 0.0224. The minimum atomic E-state index is -0.480. The number of aromatic hydroxyl groups is 1. The number of benzene rings is 2. The summed E-state index contributed by atoms with van der Waals surface area (Å²) in [5.74, 6) is 0.224. The Labute approximate surface area is 140 Å². The highest BCUT2D eigenvalue weighted by molar-refractivity contribution is 6.05. The lowest BCUT2D eigenvalue weighted by Crippen LogP contribution is -2.18. The van der Waals surface area contributed by atoms with Gasteiger partial charge in [-0.2, -0.15) is 0 Å². The number of ether oxygens (including phenoxy) is 3. The van der Waals surface area contributed by atoms with Crippen LogP contribution in [0.15, 0.2) is 42.5 Å². The maximum Gasteiger partial charge on any atom is 0.255 e. The number of anilines is 1. The van der Waals surface area contributed by atoms with Gasteiger partial charge in [0.15, 0.2) is 6.29 Å². The number of methoxy groups -OCH3 is 1. The molecule has 6 heteroatoms. The number of rotatable bonds is 4. The third-order valence-corrected chi connectivity index (χ3v) is 3.70. The lowest BCUT2D eigenvalue weighted by atomic mass is 10.1. The van der Waals surface area contributed by atoms with Crippen LogP contribution in [0.25, 0.3) is 0 Å². The molecule has 3 rings (SSSR count). The van der Waals surface area contributed by atoms with Crippen LogP contribution < -0.4 is 10.1 Å². The van der Waals surface area contributed by atoms with E-state index in [9.17, 15) is 9.90 Å². The first-order chi connectivity index (χ1) is 11.7. The quantitative estimate of drug-likeness (QED) is 0.843. The van der Waals surface area contributed by atoms with Gasteiger partial charge in [0, 0.05) is 11.1 Å². The van der Waals surface area contributed by atoms with E-state index in [0.717, 1.165) is 12.0 Å². The van der Waals surface area contributed by atoms with Crippen LogP contribution in [0.5, 0.6) is 11.5 Å². The van der Waals surface area contributed by atoms with Crippen molar-refractivity contribution in [3.63, 3.8) is 0 Å². The van der Waals surface area contributed by atoms with Crippen molar-refractivity contribution in [3.8, 4) is 11.5 Å². The molecule has 0 bridgehead atoms. The zero-order valence-electron chi connectivity index (χ0n) is 13.3. The van der Waals surface area contributed by atoms with E-state index in [1.54, 1.807) is 36.4 Å². The van der Waals surface area contributed by atoms with Crippen molar-refractivity contribution in [1.82, 2.24) is 0 Å². The highest BCUT2D eigenvalue weighted by Crippen LogP contribution is 2.31. The molecule has 1 fully saturated rings. The Hall–Kier alpha value is -2.57. The maximum atomic E-state index is 12.4. The van der Waals surface area contributed by atoms with E-state index >= 15 is 0 Å². The maximum absolute atomic E-state index is 12.4. The van der Waals surface area contributed by atoms with Crippen LogP contribution in [0.1, 0.15) is 28.6 Å². The Balaban J connectivity index is 1.79. The van der Waals surface area contributed by atoms with Gasteiger partial charge in [-0.15, -0.1) is 0 Å². The van der Waals surface area contributed by atoms with E-state index in [1.165, 1.54) is 13.2 Å². The molecule has 0 atom stereocenters. The largest absolute Gasteiger partial charge is 0.506 e. The molecule has 0 aromatic heterocycles. The highest BCUT2D eigenvalue weighted by atomic mass is 16.7. The zero-order valence-corrected chi connectivity index (χ0v) is 13.3. The van der Waals surface area contributed by atoms with Crippen molar-refractivity contribution in [3.05, 3.63) is 53.6 Å². The second kappa shape index (κ2) is 7.33. The Kier molecular flexibility index (Phi) is 4.98. The van der Waals surface area contributed by atoms with E-state index in [4.69, 9.17) is 14.2 Å². The normalized spacial score (nSPS) is 15.0. The number of carbonyl (C=O) groups is 1. The molecule has 126 valence electrons. The first-order valence-electron chi connectivity index (χ1n) is 7.69. The van der Waals surface area contributed by atoms with E-state index < -0.39 is 6.29 Å². The number of phenolic OH excluding ortho intramolecular Hbond substituents is 1. The first-order valence-corrected chi connectivity index (χ1v) is 7.69. The lowest BCUT2D eigenvalue weighted by Gasteiger charge is -2.24. The third kappa shape index (κ3) is 3.67. The summed E-state index contributed by atoms with van der Waals surface area (Å²) in [4.78, 5) is 12.4. The number of hydrogen-bond donors (Lipinski definition) is 2. The Morgan fingerprint density at radius 1 is 1.21 bits per heavy atom. The summed E-state index contributed by atoms with van der Waals surface area (Å²) >= 11 is 0. The van der Waals surface area contributed by atoms with Crippen LogP contribution in [-0.4, -0.2) is 31.3 Å². The smallest absolute Gasteiger partial charge is 0.255 e. The predicted molar refractivity (Wildman–Crippen MR) is 88.3 cm³/mol. The second-order valence-corrected chi connectivity index (χ2v) is 5.39. The molecule has 1 aliphatic heterocycles. The summed E-state index contributed by atoms with van der Waals surface area (Å²) in [6, 6.07) is 11.7. The molecule has 0 saturated carbocycles. The standard InChI is InChI=1S/C18H19NO5/c1-22-14-5-2-4-12(10-14)17(21)19-15-11-13(6-7-16(15)20)18-23-8-3-9-24-18/h2,4-7,10-11,18,20H,3,8-9H2,1H3,(H,19,21). The van der Waals surface area contributed by atoms with Crippen molar-refractivity contribution >= 4 is 11.6 Å². The van der Waals surface area contributed by atoms with Gasteiger partial charge in [0.05, 0.1) is 26.0 Å². The van der Waals surface area contributed by atoms with Crippen LogP contribution in [-0.2, 0) is 9.47 Å². The van der Waals surface area contributed by atoms with Crippen molar-refractivity contribution < 1.29 is 24.1 Å². The van der Waals surface area contributed by atoms with Gasteiger partial charge in [-0.1, -0.05) is 12.1 Å². The molecule has 2 N–H and O–H groups in total. The van der Waals surface area contributed by atoms with Crippen LogP contribution in [0, 0.1) is 0 Å². The Morgan fingerprint density at radius 3 is 2.75 bits per heavy atom. The van der Waals surface area contributed by atoms with Gasteiger partial charge < -0.3 is 24.6 Å². The molecule has 1 amide bonds. The van der Waals surface area contributed by atoms with Crippen LogP contribution in [0.2, 0.25) is 0 Å². The van der Waals surface area contributed by atoms with E-state index in [2.05, 4.69) is 5.32 Å². The molecular weight excluding hydrogens is 310 g/mol. The van der Waals surface area contributed by atoms with Gasteiger partial charge in [0.1, 0.15) is 11.5 Å². The van der Waals surface area contributed by atoms with Crippen molar-refractivity contribution in [2.24, 2.45) is 0 Å². The summed E-state index contributed by atoms with van der Waals surface area (Å²) in [5, 5.41) is 12.7. The van der Waals surface area contributed by atoms with Gasteiger partial charge in [0.25, 0.3) is 5.91 Å². The van der Waals surface area contributed by atoms with Gasteiger partial charge in [-0.25, -0.2) is 0 Å². The number of phenols is 1. The monoisotopic (exact) mass is 329 g/mol. The first kappa shape index (κ1) is 16.3. The fraction of sp³-hybridized carbons (Fsp3) is 0.278. The summed E-state index contributed by atoms with van der Waals surface area (Å²) in [6.07, 6.45) is 0.375. The molecule has 0 spiro atoms. The van der Waals surface area contributed by atoms with Crippen LogP contribution >= 0.6 is 0 Å². The van der Waals surface area contributed by atoms with Gasteiger partial charge in [0.2, 0.25) is 0 Å². The second-order valence-electron chi connectivity index (χ2n) is 5.39. The minimum Gasteiger partial charge on any atom is -0.506 e. The van der Waals surface area contributed by atoms with Crippen molar-refractivity contribution in [2.75, 3.05) is 25.6 Å².